The second-order valence-corrected chi connectivity index (χ2v) is 8.71. The number of amides is 1. The Morgan fingerprint density at radius 1 is 1.24 bits per heavy atom. The maximum Gasteiger partial charge on any atom is 0.255 e. The van der Waals surface area contributed by atoms with E-state index >= 15 is 0 Å². The molecule has 7 heteroatoms. The quantitative estimate of drug-likeness (QED) is 0.814. The largest absolute Gasteiger partial charge is 0.332 e. The molecule has 1 saturated heterocycles. The Hall–Kier alpha value is -0.950. The molecule has 114 valence electrons. The van der Waals surface area contributed by atoms with Gasteiger partial charge >= 0.3 is 0 Å². The van der Waals surface area contributed by atoms with Crippen molar-refractivity contribution < 1.29 is 17.6 Å². The third kappa shape index (κ3) is 3.13. The lowest BCUT2D eigenvalue weighted by atomic mass is 10.1. The van der Waals surface area contributed by atoms with Gasteiger partial charge in [0.1, 0.15) is 5.82 Å². The lowest BCUT2D eigenvalue weighted by Crippen LogP contribution is -2.42. The number of benzene rings is 1. The summed E-state index contributed by atoms with van der Waals surface area (Å²) in [5.41, 5.74) is 0.382. The van der Waals surface area contributed by atoms with E-state index in [4.69, 9.17) is 0 Å². The fourth-order valence-electron chi connectivity index (χ4n) is 2.78. The molecule has 1 aromatic carbocycles. The van der Waals surface area contributed by atoms with E-state index in [2.05, 4.69) is 15.9 Å². The summed E-state index contributed by atoms with van der Waals surface area (Å²) in [5.74, 6) is -0.460. The summed E-state index contributed by atoms with van der Waals surface area (Å²) in [5, 5.41) is 0. The van der Waals surface area contributed by atoms with Crippen molar-refractivity contribution in [3.8, 4) is 0 Å². The van der Waals surface area contributed by atoms with Gasteiger partial charge in [0.05, 0.1) is 17.1 Å². The third-order valence-electron chi connectivity index (χ3n) is 3.94. The number of nitrogens with zero attached hydrogens (tertiary/aromatic N) is 1. The maximum atomic E-state index is 13.2. The summed E-state index contributed by atoms with van der Waals surface area (Å²) < 4.78 is 36.9. The molecule has 1 unspecified atom stereocenters. The van der Waals surface area contributed by atoms with Crippen molar-refractivity contribution in [2.75, 3.05) is 11.5 Å². The normalized spacial score (nSPS) is 24.0. The van der Waals surface area contributed by atoms with E-state index in [1.54, 1.807) is 4.90 Å². The molecule has 3 rings (SSSR count). The fourth-order valence-corrected chi connectivity index (χ4v) is 5.01. The number of sulfone groups is 1. The predicted octanol–water partition coefficient (Wildman–Crippen LogP) is 2.38. The molecule has 2 aliphatic rings. The Bertz CT molecular complexity index is 687. The van der Waals surface area contributed by atoms with Gasteiger partial charge in [0.25, 0.3) is 5.91 Å². The molecular weight excluding hydrogens is 361 g/mol. The average molecular weight is 376 g/mol. The molecule has 1 aliphatic heterocycles. The molecule has 0 N–H and O–H groups in total. The molecule has 0 aromatic heterocycles. The number of hydrogen-bond donors (Lipinski definition) is 0. The first-order valence-corrected chi connectivity index (χ1v) is 9.47. The van der Waals surface area contributed by atoms with Crippen molar-refractivity contribution in [2.45, 2.75) is 31.3 Å². The first-order valence-electron chi connectivity index (χ1n) is 6.85. The summed E-state index contributed by atoms with van der Waals surface area (Å²) in [6.07, 6.45) is 2.30. The first kappa shape index (κ1) is 15.0. The van der Waals surface area contributed by atoms with E-state index in [9.17, 15) is 17.6 Å². The third-order valence-corrected chi connectivity index (χ3v) is 6.34. The molecule has 1 saturated carbocycles. The Morgan fingerprint density at radius 2 is 1.95 bits per heavy atom. The second-order valence-electron chi connectivity index (χ2n) is 5.62. The Labute approximate surface area is 131 Å². The van der Waals surface area contributed by atoms with Crippen LogP contribution in [-0.4, -0.2) is 42.8 Å². The van der Waals surface area contributed by atoms with Gasteiger partial charge in [-0.05, 0) is 53.4 Å². The number of rotatable bonds is 3. The highest BCUT2D eigenvalue weighted by atomic mass is 79.9. The zero-order valence-electron chi connectivity index (χ0n) is 11.3. The van der Waals surface area contributed by atoms with Crippen LogP contribution in [0.1, 0.15) is 29.6 Å². The van der Waals surface area contributed by atoms with Crippen LogP contribution in [0.2, 0.25) is 0 Å². The SMILES string of the molecule is O=C(c1ccc(F)cc1Br)N(C1CC1)C1CCS(=O)(=O)C1. The van der Waals surface area contributed by atoms with Crippen molar-refractivity contribution in [2.24, 2.45) is 0 Å². The lowest BCUT2D eigenvalue weighted by Gasteiger charge is -2.28. The van der Waals surface area contributed by atoms with E-state index in [1.807, 2.05) is 0 Å². The molecule has 0 spiro atoms. The molecule has 1 aliphatic carbocycles. The van der Waals surface area contributed by atoms with E-state index in [0.29, 0.717) is 16.5 Å². The molecule has 0 radical (unpaired) electrons. The van der Waals surface area contributed by atoms with Crippen molar-refractivity contribution in [3.05, 3.63) is 34.1 Å². The van der Waals surface area contributed by atoms with Gasteiger partial charge in [0.2, 0.25) is 0 Å². The van der Waals surface area contributed by atoms with Gasteiger partial charge in [0.15, 0.2) is 9.84 Å². The van der Waals surface area contributed by atoms with Crippen molar-refractivity contribution in [1.82, 2.24) is 4.90 Å². The van der Waals surface area contributed by atoms with Crippen LogP contribution in [-0.2, 0) is 9.84 Å². The standard InChI is InChI=1S/C14H15BrFNO3S/c15-13-7-9(16)1-4-12(13)14(18)17(10-2-3-10)11-5-6-21(19,20)8-11/h1,4,7,10-11H,2-3,5-6,8H2. The molecule has 1 aromatic rings. The van der Waals surface area contributed by atoms with Crippen LogP contribution in [0, 0.1) is 5.82 Å². The zero-order valence-corrected chi connectivity index (χ0v) is 13.7. The van der Waals surface area contributed by atoms with Crippen LogP contribution in [0.3, 0.4) is 0 Å². The number of carbonyl (C=O) groups excluding carboxylic acids is 1. The first-order chi connectivity index (χ1) is 9.87. The van der Waals surface area contributed by atoms with E-state index in [1.165, 1.54) is 18.2 Å². The van der Waals surface area contributed by atoms with E-state index < -0.39 is 15.7 Å². The molecule has 0 bridgehead atoms. The monoisotopic (exact) mass is 375 g/mol. The highest BCUT2D eigenvalue weighted by molar-refractivity contribution is 9.10. The highest BCUT2D eigenvalue weighted by Crippen LogP contribution is 2.34. The summed E-state index contributed by atoms with van der Waals surface area (Å²) in [4.78, 5) is 14.4. The van der Waals surface area contributed by atoms with Crippen LogP contribution in [0.25, 0.3) is 0 Å². The summed E-state index contributed by atoms with van der Waals surface area (Å²) in [6.45, 7) is 0. The Balaban J connectivity index is 1.89. The Kier molecular flexibility index (Phi) is 3.81. The minimum absolute atomic E-state index is 0.0358. The van der Waals surface area contributed by atoms with Crippen molar-refractivity contribution >= 4 is 31.7 Å². The molecular formula is C14H15BrFNO3S. The zero-order chi connectivity index (χ0) is 15.2. The van der Waals surface area contributed by atoms with Gasteiger partial charge in [-0.3, -0.25) is 4.79 Å². The molecule has 2 fully saturated rings. The summed E-state index contributed by atoms with van der Waals surface area (Å²) >= 11 is 3.21. The topological polar surface area (TPSA) is 54.5 Å². The van der Waals surface area contributed by atoms with Crippen LogP contribution in [0.5, 0.6) is 0 Å². The predicted molar refractivity (Wildman–Crippen MR) is 80.4 cm³/mol. The van der Waals surface area contributed by atoms with Gasteiger partial charge in [-0.25, -0.2) is 12.8 Å². The summed E-state index contributed by atoms with van der Waals surface area (Å²) in [7, 11) is -3.04. The van der Waals surface area contributed by atoms with Gasteiger partial charge in [0, 0.05) is 16.6 Å². The molecule has 21 heavy (non-hydrogen) atoms. The molecule has 1 atom stereocenters. The number of carbonyl (C=O) groups is 1. The number of hydrogen-bond acceptors (Lipinski definition) is 3. The molecule has 1 amide bonds. The average Bonchev–Trinajstić information content (AvgIpc) is 3.14. The van der Waals surface area contributed by atoms with Gasteiger partial charge in [-0.15, -0.1) is 0 Å². The van der Waals surface area contributed by atoms with Gasteiger partial charge in [-0.1, -0.05) is 0 Å². The molecule has 4 nitrogen and oxygen atoms in total. The van der Waals surface area contributed by atoms with Gasteiger partial charge < -0.3 is 4.90 Å². The number of halogens is 2. The minimum Gasteiger partial charge on any atom is -0.332 e. The minimum atomic E-state index is -3.04. The van der Waals surface area contributed by atoms with Gasteiger partial charge in [-0.2, -0.15) is 0 Å². The summed E-state index contributed by atoms with van der Waals surface area (Å²) in [6, 6.07) is 3.80. The molecule has 1 heterocycles. The Morgan fingerprint density at radius 3 is 2.48 bits per heavy atom. The second kappa shape index (κ2) is 5.35. The van der Waals surface area contributed by atoms with Crippen LogP contribution >= 0.6 is 15.9 Å². The van der Waals surface area contributed by atoms with E-state index in [-0.39, 0.29) is 29.5 Å². The van der Waals surface area contributed by atoms with Crippen LogP contribution in [0.15, 0.2) is 22.7 Å². The van der Waals surface area contributed by atoms with Crippen LogP contribution < -0.4 is 0 Å². The lowest BCUT2D eigenvalue weighted by molar-refractivity contribution is 0.0680. The van der Waals surface area contributed by atoms with Crippen molar-refractivity contribution in [3.63, 3.8) is 0 Å². The van der Waals surface area contributed by atoms with Crippen molar-refractivity contribution in [1.29, 1.82) is 0 Å². The highest BCUT2D eigenvalue weighted by Gasteiger charge is 2.42. The van der Waals surface area contributed by atoms with E-state index in [0.717, 1.165) is 12.8 Å². The van der Waals surface area contributed by atoms with Crippen LogP contribution in [0.4, 0.5) is 4.39 Å². The maximum absolute atomic E-state index is 13.2. The fraction of sp³-hybridized carbons (Fsp3) is 0.500. The smallest absolute Gasteiger partial charge is 0.255 e.